The van der Waals surface area contributed by atoms with Crippen LogP contribution in [0.5, 0.6) is 17.2 Å². The van der Waals surface area contributed by atoms with Crippen LogP contribution in [0.25, 0.3) is 0 Å². The fraction of sp³-hybridized carbons (Fsp3) is 0.276. The number of anilines is 2. The Bertz CT molecular complexity index is 1340. The first-order valence-electron chi connectivity index (χ1n) is 12.1. The summed E-state index contributed by atoms with van der Waals surface area (Å²) >= 11 is 0. The molecule has 1 fully saturated rings. The van der Waals surface area contributed by atoms with Crippen LogP contribution in [-0.2, 0) is 14.4 Å². The van der Waals surface area contributed by atoms with Gasteiger partial charge in [-0.3, -0.25) is 14.4 Å². The number of methoxy groups -OCH3 is 2. The Labute approximate surface area is 220 Å². The van der Waals surface area contributed by atoms with Crippen molar-refractivity contribution >= 4 is 29.0 Å². The first-order chi connectivity index (χ1) is 18.2. The predicted molar refractivity (Wildman–Crippen MR) is 141 cm³/mol. The summed E-state index contributed by atoms with van der Waals surface area (Å²) < 4.78 is 10.7. The zero-order valence-corrected chi connectivity index (χ0v) is 21.3. The second-order valence-electron chi connectivity index (χ2n) is 9.45. The van der Waals surface area contributed by atoms with E-state index in [9.17, 15) is 24.6 Å². The van der Waals surface area contributed by atoms with Crippen molar-refractivity contribution in [3.8, 4) is 17.2 Å². The topological polar surface area (TPSA) is 134 Å². The highest BCUT2D eigenvalue weighted by Crippen LogP contribution is 2.47. The first kappa shape index (κ1) is 26.7. The first-order valence-corrected chi connectivity index (χ1v) is 12.1. The number of Topliss-reactive ketones (excluding diaryl/α,β-unsaturated/α-hetero) is 1. The minimum atomic E-state index is -1.77. The Kier molecular flexibility index (Phi) is 7.68. The van der Waals surface area contributed by atoms with Crippen LogP contribution in [-0.4, -0.2) is 47.6 Å². The molecule has 4 atom stereocenters. The third-order valence-electron chi connectivity index (χ3n) is 6.84. The van der Waals surface area contributed by atoms with Crippen LogP contribution < -0.4 is 20.1 Å². The third-order valence-corrected chi connectivity index (χ3v) is 6.84. The molecule has 3 aromatic rings. The molecule has 3 aromatic carbocycles. The van der Waals surface area contributed by atoms with E-state index in [0.717, 1.165) is 0 Å². The Balaban J connectivity index is 1.78. The van der Waals surface area contributed by atoms with E-state index < -0.39 is 47.4 Å². The van der Waals surface area contributed by atoms with Gasteiger partial charge in [-0.15, -0.1) is 0 Å². The SMILES string of the molecule is COc1ccccc1NC(=O)[C@@H]1C(=O)C[C@](C)(O)[C@@H](C(=O)Nc2ccccc2OC)[C@@H]1c1ccc(O)cc1. The molecule has 0 bridgehead atoms. The van der Waals surface area contributed by atoms with Gasteiger partial charge < -0.3 is 30.3 Å². The van der Waals surface area contributed by atoms with Crippen molar-refractivity contribution in [3.63, 3.8) is 0 Å². The molecule has 0 spiro atoms. The van der Waals surface area contributed by atoms with E-state index in [2.05, 4.69) is 10.6 Å². The number of ether oxygens (including phenoxy) is 2. The maximum absolute atomic E-state index is 13.8. The maximum atomic E-state index is 13.8. The van der Waals surface area contributed by atoms with Gasteiger partial charge in [-0.25, -0.2) is 0 Å². The fourth-order valence-corrected chi connectivity index (χ4v) is 5.11. The molecule has 0 radical (unpaired) electrons. The number of hydrogen-bond acceptors (Lipinski definition) is 7. The number of hydrogen-bond donors (Lipinski definition) is 4. The molecule has 9 nitrogen and oxygen atoms in total. The van der Waals surface area contributed by atoms with Crippen LogP contribution in [0, 0.1) is 11.8 Å². The highest BCUT2D eigenvalue weighted by atomic mass is 16.5. The molecular weight excluding hydrogens is 488 g/mol. The van der Waals surface area contributed by atoms with Gasteiger partial charge in [0.2, 0.25) is 11.8 Å². The Morgan fingerprint density at radius 1 is 0.842 bits per heavy atom. The molecule has 2 amide bonds. The van der Waals surface area contributed by atoms with Crippen LogP contribution in [0.1, 0.15) is 24.8 Å². The lowest BCUT2D eigenvalue weighted by molar-refractivity contribution is -0.150. The van der Waals surface area contributed by atoms with Crippen LogP contribution in [0.4, 0.5) is 11.4 Å². The second-order valence-corrected chi connectivity index (χ2v) is 9.45. The smallest absolute Gasteiger partial charge is 0.235 e. The van der Waals surface area contributed by atoms with Crippen LogP contribution in [0.3, 0.4) is 0 Å². The summed E-state index contributed by atoms with van der Waals surface area (Å²) in [6.45, 7) is 1.42. The molecule has 0 heterocycles. The van der Waals surface area contributed by atoms with Gasteiger partial charge in [0.15, 0.2) is 0 Å². The largest absolute Gasteiger partial charge is 0.508 e. The zero-order chi connectivity index (χ0) is 27.4. The lowest BCUT2D eigenvalue weighted by Crippen LogP contribution is -2.56. The van der Waals surface area contributed by atoms with E-state index in [4.69, 9.17) is 9.47 Å². The molecular formula is C29H30N2O7. The average Bonchev–Trinajstić information content (AvgIpc) is 2.88. The number of aliphatic hydroxyl groups is 1. The van der Waals surface area contributed by atoms with E-state index >= 15 is 0 Å². The van der Waals surface area contributed by atoms with Crippen molar-refractivity contribution in [3.05, 3.63) is 78.4 Å². The normalized spacial score (nSPS) is 22.8. The number of rotatable bonds is 7. The number of benzene rings is 3. The van der Waals surface area contributed by atoms with Gasteiger partial charge in [0, 0.05) is 12.3 Å². The molecule has 9 heteroatoms. The summed E-state index contributed by atoms with van der Waals surface area (Å²) in [6, 6.07) is 19.5. The summed E-state index contributed by atoms with van der Waals surface area (Å²) in [7, 11) is 2.93. The van der Waals surface area contributed by atoms with Crippen molar-refractivity contribution in [2.75, 3.05) is 24.9 Å². The van der Waals surface area contributed by atoms with E-state index in [0.29, 0.717) is 28.4 Å². The summed E-state index contributed by atoms with van der Waals surface area (Å²) in [6.07, 6.45) is -0.407. The van der Waals surface area contributed by atoms with Crippen molar-refractivity contribution in [1.82, 2.24) is 0 Å². The van der Waals surface area contributed by atoms with E-state index in [-0.39, 0.29) is 5.75 Å². The molecule has 0 saturated heterocycles. The minimum Gasteiger partial charge on any atom is -0.508 e. The number of phenols is 1. The molecule has 1 aliphatic carbocycles. The van der Waals surface area contributed by atoms with Gasteiger partial charge in [-0.05, 0) is 48.9 Å². The maximum Gasteiger partial charge on any atom is 0.235 e. The van der Waals surface area contributed by atoms with Crippen LogP contribution >= 0.6 is 0 Å². The Morgan fingerprint density at radius 3 is 1.87 bits per heavy atom. The van der Waals surface area contributed by atoms with E-state index in [1.807, 2.05) is 0 Å². The number of ketones is 1. The summed E-state index contributed by atoms with van der Waals surface area (Å²) in [5, 5.41) is 26.8. The molecule has 0 aliphatic heterocycles. The molecule has 4 N–H and O–H groups in total. The van der Waals surface area contributed by atoms with Gasteiger partial charge in [-0.2, -0.15) is 0 Å². The quantitative estimate of drug-likeness (QED) is 0.350. The molecule has 1 aliphatic rings. The number of carbonyl (C=O) groups excluding carboxylic acids is 3. The molecule has 0 aromatic heterocycles. The second kappa shape index (κ2) is 10.9. The highest BCUT2D eigenvalue weighted by molar-refractivity contribution is 6.11. The van der Waals surface area contributed by atoms with Crippen LogP contribution in [0.2, 0.25) is 0 Å². The third kappa shape index (κ3) is 5.33. The molecule has 0 unspecified atom stereocenters. The molecule has 4 rings (SSSR count). The van der Waals surface area contributed by atoms with Gasteiger partial charge >= 0.3 is 0 Å². The minimum absolute atomic E-state index is 0.0207. The van der Waals surface area contributed by atoms with Gasteiger partial charge in [-0.1, -0.05) is 36.4 Å². The van der Waals surface area contributed by atoms with Crippen molar-refractivity contribution in [1.29, 1.82) is 0 Å². The lowest BCUT2D eigenvalue weighted by atomic mass is 9.61. The van der Waals surface area contributed by atoms with Gasteiger partial charge in [0.1, 0.15) is 28.9 Å². The summed E-state index contributed by atoms with van der Waals surface area (Å²) in [5.41, 5.74) is -0.583. The number of amides is 2. The number of nitrogens with one attached hydrogen (secondary N) is 2. The Morgan fingerprint density at radius 2 is 1.34 bits per heavy atom. The summed E-state index contributed by atoms with van der Waals surface area (Å²) in [4.78, 5) is 40.9. The Hall–Kier alpha value is -4.37. The summed E-state index contributed by atoms with van der Waals surface area (Å²) in [5.74, 6) is -4.49. The van der Waals surface area contributed by atoms with Crippen molar-refractivity contribution in [2.45, 2.75) is 24.9 Å². The lowest BCUT2D eigenvalue weighted by Gasteiger charge is -2.44. The zero-order valence-electron chi connectivity index (χ0n) is 21.3. The van der Waals surface area contributed by atoms with Crippen molar-refractivity contribution < 1.29 is 34.1 Å². The van der Waals surface area contributed by atoms with E-state index in [1.165, 1.54) is 33.3 Å². The molecule has 1 saturated carbocycles. The number of para-hydroxylation sites is 4. The van der Waals surface area contributed by atoms with E-state index in [1.54, 1.807) is 60.7 Å². The average molecular weight is 519 g/mol. The van der Waals surface area contributed by atoms with Crippen LogP contribution in [0.15, 0.2) is 72.8 Å². The number of carbonyl (C=O) groups is 3. The molecule has 38 heavy (non-hydrogen) atoms. The number of phenolic OH excluding ortho intramolecular Hbond substituents is 1. The predicted octanol–water partition coefficient (Wildman–Crippen LogP) is 3.73. The number of aromatic hydroxyl groups is 1. The van der Waals surface area contributed by atoms with Crippen molar-refractivity contribution in [2.24, 2.45) is 11.8 Å². The molecule has 198 valence electrons. The fourth-order valence-electron chi connectivity index (χ4n) is 5.11. The monoisotopic (exact) mass is 518 g/mol. The van der Waals surface area contributed by atoms with Gasteiger partial charge in [0.25, 0.3) is 0 Å². The standard InChI is InChI=1S/C29H30N2O7/c1-29(36)16-21(33)25(27(34)30-19-8-4-6-10-22(19)37-2)24(17-12-14-18(32)15-13-17)26(29)28(35)31-20-9-5-7-11-23(20)38-3/h4-15,24-26,32,36H,16H2,1-3H3,(H,30,34)(H,31,35)/t24-,25-,26-,29+/m1/s1. The highest BCUT2D eigenvalue weighted by Gasteiger charge is 2.56. The van der Waals surface area contributed by atoms with Gasteiger partial charge in [0.05, 0.1) is 37.1 Å².